The lowest BCUT2D eigenvalue weighted by Crippen LogP contribution is -2.49. The second kappa shape index (κ2) is 5.75. The Morgan fingerprint density at radius 1 is 1.53 bits per heavy atom. The third kappa shape index (κ3) is 3.72. The standard InChI is InChI=1S/C14H28FNS/c1-6-14(15,12(2)3)10-13(11-17(4)5)8-7-9-16-13/h16-17H,2,6-11H2,1,3-5H3. The van der Waals surface area contributed by atoms with E-state index in [1.54, 1.807) is 0 Å². The molecule has 1 heterocycles. The maximum Gasteiger partial charge on any atom is 0.133 e. The first-order valence-corrected chi connectivity index (χ1v) is 9.00. The summed E-state index contributed by atoms with van der Waals surface area (Å²) in [6.45, 7) is 8.65. The molecule has 1 aliphatic rings. The minimum atomic E-state index is -1.19. The Labute approximate surface area is 109 Å². The fourth-order valence-electron chi connectivity index (χ4n) is 2.93. The molecule has 2 atom stereocenters. The van der Waals surface area contributed by atoms with Crippen molar-refractivity contribution in [1.29, 1.82) is 0 Å². The SMILES string of the molecule is C=C(C)C(F)(CC)CC1(C[SH](C)C)CCCN1. The molecule has 2 unspecified atom stereocenters. The predicted octanol–water partition coefficient (Wildman–Crippen LogP) is 3.45. The van der Waals surface area contributed by atoms with Crippen LogP contribution in [0.3, 0.4) is 0 Å². The third-order valence-corrected chi connectivity index (χ3v) is 5.13. The Kier molecular flexibility index (Phi) is 5.08. The van der Waals surface area contributed by atoms with Crippen LogP contribution in [-0.4, -0.2) is 36.0 Å². The molecule has 0 radical (unpaired) electrons. The van der Waals surface area contributed by atoms with Crippen molar-refractivity contribution in [2.24, 2.45) is 0 Å². The van der Waals surface area contributed by atoms with Gasteiger partial charge in [-0.1, -0.05) is 13.5 Å². The van der Waals surface area contributed by atoms with E-state index in [0.717, 1.165) is 18.7 Å². The van der Waals surface area contributed by atoms with Crippen molar-refractivity contribution >= 4 is 10.9 Å². The van der Waals surface area contributed by atoms with Gasteiger partial charge in [0.15, 0.2) is 0 Å². The number of thiol groups is 1. The molecular weight excluding hydrogens is 233 g/mol. The number of halogens is 1. The van der Waals surface area contributed by atoms with Crippen LogP contribution in [-0.2, 0) is 0 Å². The van der Waals surface area contributed by atoms with Gasteiger partial charge in [0.25, 0.3) is 0 Å². The second-order valence-corrected chi connectivity index (χ2v) is 8.30. The van der Waals surface area contributed by atoms with E-state index < -0.39 is 5.67 Å². The molecule has 102 valence electrons. The molecule has 0 amide bonds. The van der Waals surface area contributed by atoms with E-state index >= 15 is 0 Å². The van der Waals surface area contributed by atoms with E-state index in [2.05, 4.69) is 24.4 Å². The highest BCUT2D eigenvalue weighted by Gasteiger charge is 2.42. The molecule has 1 aliphatic heterocycles. The van der Waals surface area contributed by atoms with Crippen LogP contribution in [0, 0.1) is 0 Å². The van der Waals surface area contributed by atoms with Gasteiger partial charge in [-0.3, -0.25) is 10.9 Å². The number of rotatable bonds is 6. The molecule has 1 rings (SSSR count). The molecular formula is C14H28FNS. The number of hydrogen-bond donors (Lipinski definition) is 2. The zero-order valence-corrected chi connectivity index (χ0v) is 12.7. The van der Waals surface area contributed by atoms with Crippen LogP contribution in [0.5, 0.6) is 0 Å². The zero-order valence-electron chi connectivity index (χ0n) is 11.8. The summed E-state index contributed by atoms with van der Waals surface area (Å²) < 4.78 is 14.9. The highest BCUT2D eigenvalue weighted by Crippen LogP contribution is 2.40. The van der Waals surface area contributed by atoms with E-state index in [1.165, 1.54) is 6.42 Å². The second-order valence-electron chi connectivity index (χ2n) is 5.82. The molecule has 0 aromatic carbocycles. The smallest absolute Gasteiger partial charge is 0.133 e. The Morgan fingerprint density at radius 2 is 2.18 bits per heavy atom. The van der Waals surface area contributed by atoms with Gasteiger partial charge in [0, 0.05) is 12.0 Å². The van der Waals surface area contributed by atoms with Gasteiger partial charge >= 0.3 is 0 Å². The highest BCUT2D eigenvalue weighted by molar-refractivity contribution is 8.15. The molecule has 3 heteroatoms. The molecule has 0 saturated carbocycles. The van der Waals surface area contributed by atoms with Crippen LogP contribution in [0.15, 0.2) is 12.2 Å². The van der Waals surface area contributed by atoms with E-state index in [4.69, 9.17) is 0 Å². The van der Waals surface area contributed by atoms with E-state index in [9.17, 15) is 4.39 Å². The fourth-order valence-corrected chi connectivity index (χ4v) is 4.52. The summed E-state index contributed by atoms with van der Waals surface area (Å²) in [5.41, 5.74) is -0.480. The normalized spacial score (nSPS) is 28.9. The van der Waals surface area contributed by atoms with Gasteiger partial charge in [0.05, 0.1) is 0 Å². The molecule has 0 aromatic rings. The van der Waals surface area contributed by atoms with Crippen molar-refractivity contribution in [3.8, 4) is 0 Å². The molecule has 17 heavy (non-hydrogen) atoms. The molecule has 1 fully saturated rings. The van der Waals surface area contributed by atoms with Gasteiger partial charge in [-0.15, -0.1) is 0 Å². The van der Waals surface area contributed by atoms with Gasteiger partial charge in [0.1, 0.15) is 5.67 Å². The summed E-state index contributed by atoms with van der Waals surface area (Å²) in [6, 6.07) is 0. The first kappa shape index (κ1) is 15.0. The lowest BCUT2D eigenvalue weighted by molar-refractivity contribution is 0.144. The van der Waals surface area contributed by atoms with Crippen molar-refractivity contribution < 1.29 is 4.39 Å². The van der Waals surface area contributed by atoms with Gasteiger partial charge < -0.3 is 5.32 Å². The Hall–Kier alpha value is -0.0200. The average molecular weight is 261 g/mol. The number of alkyl halides is 1. The monoisotopic (exact) mass is 261 g/mol. The van der Waals surface area contributed by atoms with Crippen LogP contribution in [0.4, 0.5) is 4.39 Å². The predicted molar refractivity (Wildman–Crippen MR) is 79.2 cm³/mol. The lowest BCUT2D eigenvalue weighted by atomic mass is 9.80. The summed E-state index contributed by atoms with van der Waals surface area (Å²) in [5, 5.41) is 3.58. The van der Waals surface area contributed by atoms with Crippen molar-refractivity contribution in [2.45, 2.75) is 50.7 Å². The van der Waals surface area contributed by atoms with Gasteiger partial charge in [-0.25, -0.2) is 4.39 Å². The minimum absolute atomic E-state index is 0.00383. The molecule has 1 nitrogen and oxygen atoms in total. The molecule has 1 saturated heterocycles. The quantitative estimate of drug-likeness (QED) is 0.551. The zero-order chi connectivity index (χ0) is 13.1. The van der Waals surface area contributed by atoms with Crippen LogP contribution < -0.4 is 5.32 Å². The maximum atomic E-state index is 14.9. The highest BCUT2D eigenvalue weighted by atomic mass is 32.2. The number of allylic oxidation sites excluding steroid dienone is 1. The van der Waals surface area contributed by atoms with Crippen molar-refractivity contribution in [3.05, 3.63) is 12.2 Å². The van der Waals surface area contributed by atoms with Crippen LogP contribution in [0.1, 0.15) is 39.5 Å². The molecule has 0 aliphatic carbocycles. The number of nitrogens with one attached hydrogen (secondary N) is 1. The number of hydrogen-bond acceptors (Lipinski definition) is 1. The largest absolute Gasteiger partial charge is 0.310 e. The Bertz CT molecular complexity index is 271. The Morgan fingerprint density at radius 3 is 2.53 bits per heavy atom. The molecule has 0 spiro atoms. The first-order chi connectivity index (χ1) is 7.83. The van der Waals surface area contributed by atoms with Gasteiger partial charge in [-0.2, -0.15) is 0 Å². The summed E-state index contributed by atoms with van der Waals surface area (Å²) >= 11 is 0. The lowest BCUT2D eigenvalue weighted by Gasteiger charge is -2.39. The maximum absolute atomic E-state index is 14.9. The van der Waals surface area contributed by atoms with Crippen LogP contribution in [0.2, 0.25) is 0 Å². The van der Waals surface area contributed by atoms with Crippen LogP contribution >= 0.6 is 10.9 Å². The van der Waals surface area contributed by atoms with Crippen molar-refractivity contribution in [3.63, 3.8) is 0 Å². The summed E-state index contributed by atoms with van der Waals surface area (Å²) in [4.78, 5) is 0. The molecule has 1 N–H and O–H groups in total. The van der Waals surface area contributed by atoms with E-state index in [-0.39, 0.29) is 16.4 Å². The summed E-state index contributed by atoms with van der Waals surface area (Å²) in [7, 11) is 0.00383. The topological polar surface area (TPSA) is 12.0 Å². The minimum Gasteiger partial charge on any atom is -0.310 e. The fraction of sp³-hybridized carbons (Fsp3) is 0.857. The van der Waals surface area contributed by atoms with Crippen molar-refractivity contribution in [1.82, 2.24) is 5.32 Å². The first-order valence-electron chi connectivity index (χ1n) is 6.58. The van der Waals surface area contributed by atoms with Gasteiger partial charge in [-0.05, 0) is 56.6 Å². The van der Waals surface area contributed by atoms with Gasteiger partial charge in [0.2, 0.25) is 0 Å². The Balaban J connectivity index is 2.82. The molecule has 0 bridgehead atoms. The van der Waals surface area contributed by atoms with Crippen molar-refractivity contribution in [2.75, 3.05) is 24.8 Å². The third-order valence-electron chi connectivity index (χ3n) is 3.89. The van der Waals surface area contributed by atoms with E-state index in [0.29, 0.717) is 18.4 Å². The van der Waals surface area contributed by atoms with E-state index in [1.807, 2.05) is 13.8 Å². The summed E-state index contributed by atoms with van der Waals surface area (Å²) in [5.74, 6) is 1.13. The summed E-state index contributed by atoms with van der Waals surface area (Å²) in [6.07, 6.45) is 8.00. The van der Waals surface area contributed by atoms with Crippen LogP contribution in [0.25, 0.3) is 0 Å². The molecule has 0 aromatic heterocycles. The average Bonchev–Trinajstić information content (AvgIpc) is 2.64.